The topological polar surface area (TPSA) is 143 Å². The average Bonchev–Trinajstić information content (AvgIpc) is 2.94. The first kappa shape index (κ1) is 39.0. The van der Waals surface area contributed by atoms with E-state index in [2.05, 4.69) is 73.6 Å². The third-order valence-corrected chi connectivity index (χ3v) is 9.36. The highest BCUT2D eigenvalue weighted by molar-refractivity contribution is 5.70. The van der Waals surface area contributed by atoms with Crippen LogP contribution < -0.4 is 10.1 Å². The van der Waals surface area contributed by atoms with Crippen molar-refractivity contribution in [1.82, 2.24) is 20.0 Å². The molecule has 11 nitrogen and oxygen atoms in total. The Kier molecular flexibility index (Phi) is 12.9. The quantitative estimate of drug-likeness (QED) is 0.248. The van der Waals surface area contributed by atoms with Gasteiger partial charge >= 0.3 is 17.9 Å². The van der Waals surface area contributed by atoms with Gasteiger partial charge in [-0.1, -0.05) is 80.4 Å². The smallest absolute Gasteiger partial charge is 0.317 e. The molecule has 1 saturated heterocycles. The lowest BCUT2D eigenvalue weighted by molar-refractivity contribution is -0.222. The lowest BCUT2D eigenvalue weighted by Crippen LogP contribution is -2.86. The van der Waals surface area contributed by atoms with Crippen molar-refractivity contribution in [2.24, 2.45) is 16.2 Å². The van der Waals surface area contributed by atoms with E-state index in [0.29, 0.717) is 31.9 Å². The third kappa shape index (κ3) is 8.40. The van der Waals surface area contributed by atoms with E-state index in [-0.39, 0.29) is 39.3 Å². The van der Waals surface area contributed by atoms with Crippen LogP contribution in [0.15, 0.2) is 24.3 Å². The summed E-state index contributed by atoms with van der Waals surface area (Å²) in [6.07, 6.45) is 5.32. The standard InChI is InChI=1S/C35H56N4O7/c1-11-20-46-27-14-12-26(13-15-27)21-36-25-34(31(2,3)4)35(32(5,6)7,33(8,9)10)39(24-30(44)45)19-17-37(22-28(40)41)16-18-38(34)23-29(42)43/h1,12-15,36H,16-25H2,2-10H3,(H,40,41)(H,42,43)(H,44,45). The molecule has 0 spiro atoms. The SMILES string of the molecule is C#CCOc1ccc(CNCC2(C(C)(C)C)N(CC(=O)O)CCN(CC(=O)O)CCN(CC(=O)O)C2(C(C)(C)C)C(C)(C)C)cc1. The van der Waals surface area contributed by atoms with Crippen molar-refractivity contribution in [2.75, 3.05) is 59.0 Å². The molecule has 1 fully saturated rings. The summed E-state index contributed by atoms with van der Waals surface area (Å²) in [4.78, 5) is 43.0. The van der Waals surface area contributed by atoms with Gasteiger partial charge in [0.2, 0.25) is 0 Å². The Balaban J connectivity index is 2.94. The van der Waals surface area contributed by atoms with Crippen LogP contribution in [-0.4, -0.2) is 118 Å². The minimum absolute atomic E-state index is 0.170. The summed E-state index contributed by atoms with van der Waals surface area (Å²) in [6, 6.07) is 7.60. The molecule has 0 aliphatic carbocycles. The zero-order chi connectivity index (χ0) is 35.1. The van der Waals surface area contributed by atoms with Crippen molar-refractivity contribution < 1.29 is 34.4 Å². The number of carboxylic acids is 3. The van der Waals surface area contributed by atoms with E-state index in [1.807, 2.05) is 34.1 Å². The number of benzene rings is 1. The maximum Gasteiger partial charge on any atom is 0.317 e. The van der Waals surface area contributed by atoms with Gasteiger partial charge in [0.15, 0.2) is 0 Å². The van der Waals surface area contributed by atoms with E-state index in [1.54, 1.807) is 4.90 Å². The van der Waals surface area contributed by atoms with Crippen LogP contribution in [-0.2, 0) is 20.9 Å². The molecule has 1 aromatic carbocycles. The number of carboxylic acid groups (broad SMARTS) is 3. The summed E-state index contributed by atoms with van der Waals surface area (Å²) in [5, 5.41) is 34.1. The van der Waals surface area contributed by atoms with Crippen molar-refractivity contribution in [3.8, 4) is 18.1 Å². The average molecular weight is 645 g/mol. The number of ether oxygens (including phenoxy) is 1. The minimum Gasteiger partial charge on any atom is -0.481 e. The molecule has 1 unspecified atom stereocenters. The van der Waals surface area contributed by atoms with Crippen LogP contribution in [0.25, 0.3) is 0 Å². The van der Waals surface area contributed by atoms with Crippen LogP contribution in [0.2, 0.25) is 0 Å². The first-order chi connectivity index (χ1) is 21.1. The summed E-state index contributed by atoms with van der Waals surface area (Å²) in [5.41, 5.74) is -2.83. The van der Waals surface area contributed by atoms with Gasteiger partial charge in [0, 0.05) is 39.3 Å². The van der Waals surface area contributed by atoms with Crippen LogP contribution in [0.5, 0.6) is 5.75 Å². The number of nitrogens with zero attached hydrogens (tertiary/aromatic N) is 3. The highest BCUT2D eigenvalue weighted by Crippen LogP contribution is 2.61. The number of rotatable bonds is 12. The Morgan fingerprint density at radius 3 is 1.70 bits per heavy atom. The number of aliphatic carboxylic acids is 3. The third-order valence-electron chi connectivity index (χ3n) is 9.36. The molecule has 46 heavy (non-hydrogen) atoms. The predicted molar refractivity (Wildman–Crippen MR) is 179 cm³/mol. The van der Waals surface area contributed by atoms with Gasteiger partial charge in [-0.05, 0) is 33.9 Å². The van der Waals surface area contributed by atoms with E-state index in [1.165, 1.54) is 0 Å². The van der Waals surface area contributed by atoms with Gasteiger partial charge in [-0.15, -0.1) is 6.42 Å². The number of nitrogens with one attached hydrogen (secondary N) is 1. The van der Waals surface area contributed by atoms with Crippen molar-refractivity contribution in [3.63, 3.8) is 0 Å². The predicted octanol–water partition coefficient (Wildman–Crippen LogP) is 3.58. The Labute approximate surface area is 275 Å². The molecule has 1 aliphatic rings. The Morgan fingerprint density at radius 1 is 0.783 bits per heavy atom. The molecule has 4 N–H and O–H groups in total. The Hall–Kier alpha value is -3.17. The van der Waals surface area contributed by atoms with E-state index in [9.17, 15) is 29.7 Å². The Bertz CT molecular complexity index is 1220. The van der Waals surface area contributed by atoms with Gasteiger partial charge in [-0.3, -0.25) is 29.1 Å². The van der Waals surface area contributed by atoms with E-state index in [4.69, 9.17) is 11.2 Å². The van der Waals surface area contributed by atoms with Crippen LogP contribution in [0.4, 0.5) is 0 Å². The summed E-state index contributed by atoms with van der Waals surface area (Å²) < 4.78 is 5.52. The van der Waals surface area contributed by atoms with E-state index < -0.39 is 45.2 Å². The minimum atomic E-state index is -1.01. The van der Waals surface area contributed by atoms with Crippen molar-refractivity contribution in [1.29, 1.82) is 0 Å². The molecule has 0 radical (unpaired) electrons. The molecule has 11 heteroatoms. The summed E-state index contributed by atoms with van der Waals surface area (Å²) >= 11 is 0. The molecule has 1 atom stereocenters. The van der Waals surface area contributed by atoms with E-state index >= 15 is 0 Å². The molecule has 258 valence electrons. The van der Waals surface area contributed by atoms with Gasteiger partial charge in [0.05, 0.1) is 30.7 Å². The van der Waals surface area contributed by atoms with Crippen molar-refractivity contribution in [3.05, 3.63) is 29.8 Å². The number of hydrogen-bond donors (Lipinski definition) is 4. The second-order valence-electron chi connectivity index (χ2n) is 15.4. The molecule has 0 saturated carbocycles. The van der Waals surface area contributed by atoms with Crippen molar-refractivity contribution in [2.45, 2.75) is 79.9 Å². The molecule has 0 bridgehead atoms. The molecule has 1 heterocycles. The number of terminal acetylenes is 1. The van der Waals surface area contributed by atoms with Gasteiger partial charge in [0.1, 0.15) is 12.4 Å². The normalized spacial score (nSPS) is 20.6. The van der Waals surface area contributed by atoms with Crippen LogP contribution in [0, 0.1) is 28.6 Å². The lowest BCUT2D eigenvalue weighted by Gasteiger charge is -2.73. The van der Waals surface area contributed by atoms with E-state index in [0.717, 1.165) is 5.56 Å². The highest BCUT2D eigenvalue weighted by Gasteiger charge is 2.71. The van der Waals surface area contributed by atoms with Gasteiger partial charge < -0.3 is 25.4 Å². The first-order valence-electron chi connectivity index (χ1n) is 15.9. The second-order valence-corrected chi connectivity index (χ2v) is 15.4. The molecule has 2 rings (SSSR count). The van der Waals surface area contributed by atoms with Gasteiger partial charge in [-0.25, -0.2) is 0 Å². The fourth-order valence-corrected chi connectivity index (χ4v) is 8.63. The zero-order valence-corrected chi connectivity index (χ0v) is 29.3. The maximum atomic E-state index is 12.7. The summed E-state index contributed by atoms with van der Waals surface area (Å²) in [6.45, 7) is 20.2. The van der Waals surface area contributed by atoms with Crippen molar-refractivity contribution >= 4 is 17.9 Å². The zero-order valence-electron chi connectivity index (χ0n) is 29.3. The van der Waals surface area contributed by atoms with Gasteiger partial charge in [-0.2, -0.15) is 0 Å². The fraction of sp³-hybridized carbons (Fsp3) is 0.686. The molecule has 0 amide bonds. The molecule has 1 aliphatic heterocycles. The maximum absolute atomic E-state index is 12.7. The fourth-order valence-electron chi connectivity index (χ4n) is 8.63. The number of hydrogen-bond acceptors (Lipinski definition) is 8. The van der Waals surface area contributed by atoms with Crippen LogP contribution >= 0.6 is 0 Å². The van der Waals surface area contributed by atoms with Crippen LogP contribution in [0.1, 0.15) is 67.9 Å². The molecular weight excluding hydrogens is 588 g/mol. The van der Waals surface area contributed by atoms with Crippen LogP contribution in [0.3, 0.4) is 0 Å². The monoisotopic (exact) mass is 644 g/mol. The highest BCUT2D eigenvalue weighted by atomic mass is 16.5. The van der Waals surface area contributed by atoms with Gasteiger partial charge in [0.25, 0.3) is 0 Å². The second kappa shape index (κ2) is 15.2. The molecular formula is C35H56N4O7. The lowest BCUT2D eigenvalue weighted by atomic mass is 9.44. The number of carbonyl (C=O) groups is 3. The summed E-state index contributed by atoms with van der Waals surface area (Å²) in [5.74, 6) is 0.104. The molecule has 0 aromatic heterocycles. The first-order valence-corrected chi connectivity index (χ1v) is 15.9. The Morgan fingerprint density at radius 2 is 1.26 bits per heavy atom. The summed E-state index contributed by atoms with van der Waals surface area (Å²) in [7, 11) is 0. The largest absolute Gasteiger partial charge is 0.481 e. The molecule has 1 aromatic rings.